The van der Waals surface area contributed by atoms with E-state index in [0.29, 0.717) is 12.4 Å². The first-order valence-corrected chi connectivity index (χ1v) is 9.84. The molecule has 0 radical (unpaired) electrons. The molecule has 6 nitrogen and oxygen atoms in total. The van der Waals surface area contributed by atoms with Gasteiger partial charge in [-0.3, -0.25) is 9.58 Å². The number of benzene rings is 1. The SMILES string of the molecule is CCCCc1noc(CN(C)CCCc2cc(-c3ccc(F)cc3)n(C)n2)n1. The minimum absolute atomic E-state index is 0.229. The van der Waals surface area contributed by atoms with Crippen molar-refractivity contribution < 1.29 is 8.91 Å². The zero-order valence-electron chi connectivity index (χ0n) is 16.9. The van der Waals surface area contributed by atoms with Gasteiger partial charge in [-0.1, -0.05) is 18.5 Å². The minimum atomic E-state index is -0.229. The van der Waals surface area contributed by atoms with Gasteiger partial charge in [-0.25, -0.2) is 4.39 Å². The van der Waals surface area contributed by atoms with E-state index in [1.807, 2.05) is 11.7 Å². The van der Waals surface area contributed by atoms with Gasteiger partial charge in [-0.15, -0.1) is 0 Å². The molecule has 3 aromatic rings. The molecule has 2 aromatic heterocycles. The van der Waals surface area contributed by atoms with E-state index in [-0.39, 0.29) is 5.82 Å². The lowest BCUT2D eigenvalue weighted by molar-refractivity contribution is 0.263. The van der Waals surface area contributed by atoms with Crippen LogP contribution in [0.1, 0.15) is 43.6 Å². The van der Waals surface area contributed by atoms with Gasteiger partial charge in [-0.2, -0.15) is 10.1 Å². The van der Waals surface area contributed by atoms with Gasteiger partial charge in [0, 0.05) is 13.5 Å². The van der Waals surface area contributed by atoms with Crippen LogP contribution in [0.2, 0.25) is 0 Å². The molecule has 28 heavy (non-hydrogen) atoms. The molecular weight excluding hydrogens is 357 g/mol. The second-order valence-corrected chi connectivity index (χ2v) is 7.20. The van der Waals surface area contributed by atoms with Crippen molar-refractivity contribution in [2.45, 2.75) is 45.6 Å². The summed E-state index contributed by atoms with van der Waals surface area (Å²) >= 11 is 0. The Morgan fingerprint density at radius 2 is 1.93 bits per heavy atom. The van der Waals surface area contributed by atoms with Gasteiger partial charge in [0.05, 0.1) is 17.9 Å². The summed E-state index contributed by atoms with van der Waals surface area (Å²) in [5.74, 6) is 1.24. The molecule has 150 valence electrons. The molecule has 0 atom stereocenters. The monoisotopic (exact) mass is 385 g/mol. The highest BCUT2D eigenvalue weighted by Crippen LogP contribution is 2.20. The van der Waals surface area contributed by atoms with Crippen molar-refractivity contribution in [1.82, 2.24) is 24.8 Å². The number of aromatic nitrogens is 4. The average Bonchev–Trinajstić information content (AvgIpc) is 3.27. The average molecular weight is 385 g/mol. The molecule has 3 rings (SSSR count). The Bertz CT molecular complexity index is 871. The van der Waals surface area contributed by atoms with Crippen LogP contribution in [0.25, 0.3) is 11.3 Å². The molecule has 0 amide bonds. The van der Waals surface area contributed by atoms with Crippen LogP contribution in [0, 0.1) is 5.82 Å². The molecule has 7 heteroatoms. The van der Waals surface area contributed by atoms with Crippen molar-refractivity contribution in [1.29, 1.82) is 0 Å². The van der Waals surface area contributed by atoms with Crippen molar-refractivity contribution >= 4 is 0 Å². The largest absolute Gasteiger partial charge is 0.338 e. The van der Waals surface area contributed by atoms with Crippen LogP contribution >= 0.6 is 0 Å². The summed E-state index contributed by atoms with van der Waals surface area (Å²) in [5, 5.41) is 8.62. The Hall–Kier alpha value is -2.54. The van der Waals surface area contributed by atoms with Crippen LogP contribution in [-0.2, 0) is 26.4 Å². The van der Waals surface area contributed by atoms with Crippen molar-refractivity contribution in [2.75, 3.05) is 13.6 Å². The third-order valence-corrected chi connectivity index (χ3v) is 4.71. The minimum Gasteiger partial charge on any atom is -0.338 e. The molecule has 2 heterocycles. The van der Waals surface area contributed by atoms with Gasteiger partial charge in [-0.05, 0) is 68.8 Å². The van der Waals surface area contributed by atoms with Crippen LogP contribution in [0.15, 0.2) is 34.9 Å². The quantitative estimate of drug-likeness (QED) is 0.528. The second kappa shape index (κ2) is 9.59. The molecule has 0 saturated heterocycles. The van der Waals surface area contributed by atoms with E-state index in [1.165, 1.54) is 12.1 Å². The number of aryl methyl sites for hydroxylation is 3. The maximum atomic E-state index is 13.1. The van der Waals surface area contributed by atoms with Gasteiger partial charge in [0.1, 0.15) is 5.82 Å². The first-order valence-electron chi connectivity index (χ1n) is 9.84. The molecule has 0 unspecified atom stereocenters. The fraction of sp³-hybridized carbons (Fsp3) is 0.476. The summed E-state index contributed by atoms with van der Waals surface area (Å²) in [5.41, 5.74) is 3.00. The van der Waals surface area contributed by atoms with Crippen LogP contribution in [0.3, 0.4) is 0 Å². The van der Waals surface area contributed by atoms with Crippen molar-refractivity contribution in [3.05, 3.63) is 53.6 Å². The number of unbranched alkanes of at least 4 members (excludes halogenated alkanes) is 1. The second-order valence-electron chi connectivity index (χ2n) is 7.20. The highest BCUT2D eigenvalue weighted by atomic mass is 19.1. The van der Waals surface area contributed by atoms with E-state index in [1.54, 1.807) is 12.1 Å². The number of halogens is 1. The fourth-order valence-corrected chi connectivity index (χ4v) is 3.17. The van der Waals surface area contributed by atoms with Crippen LogP contribution in [0.4, 0.5) is 4.39 Å². The zero-order valence-corrected chi connectivity index (χ0v) is 16.9. The molecule has 0 N–H and O–H groups in total. The highest BCUT2D eigenvalue weighted by molar-refractivity contribution is 5.59. The van der Waals surface area contributed by atoms with Gasteiger partial charge in [0.2, 0.25) is 5.89 Å². The molecule has 0 bridgehead atoms. The molecule has 0 spiro atoms. The number of rotatable bonds is 10. The van der Waals surface area contributed by atoms with Gasteiger partial charge in [0.15, 0.2) is 5.82 Å². The van der Waals surface area contributed by atoms with Gasteiger partial charge >= 0.3 is 0 Å². The van der Waals surface area contributed by atoms with E-state index in [4.69, 9.17) is 4.52 Å². The number of hydrogen-bond acceptors (Lipinski definition) is 5. The van der Waals surface area contributed by atoms with E-state index in [2.05, 4.69) is 40.2 Å². The summed E-state index contributed by atoms with van der Waals surface area (Å²) < 4.78 is 20.3. The lowest BCUT2D eigenvalue weighted by Gasteiger charge is -2.13. The summed E-state index contributed by atoms with van der Waals surface area (Å²) in [6, 6.07) is 8.59. The van der Waals surface area contributed by atoms with E-state index >= 15 is 0 Å². The number of hydrogen-bond donors (Lipinski definition) is 0. The van der Waals surface area contributed by atoms with Crippen LogP contribution in [-0.4, -0.2) is 38.4 Å². The predicted molar refractivity (Wildman–Crippen MR) is 106 cm³/mol. The normalized spacial score (nSPS) is 11.5. The fourth-order valence-electron chi connectivity index (χ4n) is 3.17. The number of nitrogens with zero attached hydrogens (tertiary/aromatic N) is 5. The first-order chi connectivity index (χ1) is 13.5. The van der Waals surface area contributed by atoms with Crippen LogP contribution in [0.5, 0.6) is 0 Å². The standard InChI is InChI=1S/C21H28FN5O/c1-4-5-8-20-23-21(28-25-20)15-26(2)13-6-7-18-14-19(27(3)24-18)16-9-11-17(22)12-10-16/h9-12,14H,4-8,13,15H2,1-3H3. The highest BCUT2D eigenvalue weighted by Gasteiger charge is 2.11. The molecule has 0 saturated carbocycles. The van der Waals surface area contributed by atoms with E-state index < -0.39 is 0 Å². The first kappa shape index (κ1) is 20.2. The third kappa shape index (κ3) is 5.48. The molecule has 0 aliphatic heterocycles. The van der Waals surface area contributed by atoms with E-state index in [0.717, 1.165) is 61.4 Å². The van der Waals surface area contributed by atoms with Crippen molar-refractivity contribution in [3.8, 4) is 11.3 Å². The topological polar surface area (TPSA) is 60.0 Å². The maximum Gasteiger partial charge on any atom is 0.240 e. The van der Waals surface area contributed by atoms with E-state index in [9.17, 15) is 4.39 Å². The van der Waals surface area contributed by atoms with Gasteiger partial charge in [0.25, 0.3) is 0 Å². The maximum absolute atomic E-state index is 13.1. The molecular formula is C21H28FN5O. The van der Waals surface area contributed by atoms with Crippen molar-refractivity contribution in [3.63, 3.8) is 0 Å². The third-order valence-electron chi connectivity index (χ3n) is 4.71. The Morgan fingerprint density at radius 1 is 1.14 bits per heavy atom. The Morgan fingerprint density at radius 3 is 2.68 bits per heavy atom. The predicted octanol–water partition coefficient (Wildman–Crippen LogP) is 4.02. The molecule has 0 aliphatic carbocycles. The molecule has 1 aromatic carbocycles. The lowest BCUT2D eigenvalue weighted by Crippen LogP contribution is -2.19. The van der Waals surface area contributed by atoms with Crippen molar-refractivity contribution in [2.24, 2.45) is 7.05 Å². The summed E-state index contributed by atoms with van der Waals surface area (Å²) in [6.45, 7) is 3.72. The van der Waals surface area contributed by atoms with Gasteiger partial charge < -0.3 is 4.52 Å². The zero-order chi connectivity index (χ0) is 19.9. The summed E-state index contributed by atoms with van der Waals surface area (Å²) in [6.07, 6.45) is 4.94. The summed E-state index contributed by atoms with van der Waals surface area (Å²) in [7, 11) is 3.97. The smallest absolute Gasteiger partial charge is 0.240 e. The Balaban J connectivity index is 1.47. The Kier molecular flexibility index (Phi) is 6.92. The lowest BCUT2D eigenvalue weighted by atomic mass is 10.1. The summed E-state index contributed by atoms with van der Waals surface area (Å²) in [4.78, 5) is 6.63. The Labute approximate surface area is 165 Å². The molecule has 0 fully saturated rings. The van der Waals surface area contributed by atoms with Crippen LogP contribution < -0.4 is 0 Å². The molecule has 0 aliphatic rings.